The molecule has 0 saturated carbocycles. The summed E-state index contributed by atoms with van der Waals surface area (Å²) in [4.78, 5) is 18.6. The number of ether oxygens (including phenoxy) is 2. The number of thioether (sulfide) groups is 1. The number of anilines is 2. The smallest absolute Gasteiger partial charge is 0.255 e. The second kappa shape index (κ2) is 12.0. The summed E-state index contributed by atoms with van der Waals surface area (Å²) in [5.41, 5.74) is 2.71. The maximum Gasteiger partial charge on any atom is 0.255 e. The van der Waals surface area contributed by atoms with E-state index in [1.54, 1.807) is 16.4 Å². The molecule has 1 aliphatic heterocycles. The van der Waals surface area contributed by atoms with Gasteiger partial charge in [-0.2, -0.15) is 4.98 Å². The second-order valence-corrected chi connectivity index (χ2v) is 9.35. The molecule has 0 saturated heterocycles. The van der Waals surface area contributed by atoms with Gasteiger partial charge in [0.25, 0.3) is 5.91 Å². The van der Waals surface area contributed by atoms with Gasteiger partial charge in [0.2, 0.25) is 11.1 Å². The Balaban J connectivity index is 1.77. The molecule has 0 aliphatic carbocycles. The summed E-state index contributed by atoms with van der Waals surface area (Å²) in [5, 5.41) is 11.9. The minimum atomic E-state index is -0.517. The van der Waals surface area contributed by atoms with Crippen molar-refractivity contribution in [2.24, 2.45) is 0 Å². The van der Waals surface area contributed by atoms with Crippen molar-refractivity contribution in [3.63, 3.8) is 0 Å². The molecule has 8 nitrogen and oxygen atoms in total. The van der Waals surface area contributed by atoms with Gasteiger partial charge >= 0.3 is 0 Å². The molecule has 190 valence electrons. The first-order chi connectivity index (χ1) is 17.6. The van der Waals surface area contributed by atoms with Crippen molar-refractivity contribution in [3.8, 4) is 11.5 Å². The predicted octanol–water partition coefficient (Wildman–Crippen LogP) is 5.90. The molecule has 0 fully saturated rings. The Morgan fingerprint density at radius 3 is 2.50 bits per heavy atom. The lowest BCUT2D eigenvalue weighted by Gasteiger charge is -2.29. The Morgan fingerprint density at radius 2 is 1.75 bits per heavy atom. The van der Waals surface area contributed by atoms with Crippen LogP contribution in [0.25, 0.3) is 0 Å². The van der Waals surface area contributed by atoms with Gasteiger partial charge in [0, 0.05) is 17.0 Å². The summed E-state index contributed by atoms with van der Waals surface area (Å²) in [5.74, 6) is 2.63. The zero-order valence-electron chi connectivity index (χ0n) is 21.2. The van der Waals surface area contributed by atoms with Crippen LogP contribution in [0.15, 0.2) is 65.0 Å². The van der Waals surface area contributed by atoms with E-state index in [9.17, 15) is 4.79 Å². The monoisotopic (exact) mass is 507 g/mol. The molecule has 2 N–H and O–H groups in total. The first-order valence-corrected chi connectivity index (χ1v) is 13.4. The van der Waals surface area contributed by atoms with Crippen LogP contribution in [0.1, 0.15) is 52.1 Å². The molecule has 2 aromatic carbocycles. The molecular formula is C27H33N5O3S. The maximum atomic E-state index is 13.8. The lowest BCUT2D eigenvalue weighted by Crippen LogP contribution is -2.32. The number of unbranched alkanes of at least 4 members (excludes halogenated alkanes) is 1. The molecule has 1 atom stereocenters. The van der Waals surface area contributed by atoms with Crippen molar-refractivity contribution < 1.29 is 14.3 Å². The van der Waals surface area contributed by atoms with Gasteiger partial charge in [0.15, 0.2) is 0 Å². The van der Waals surface area contributed by atoms with Crippen molar-refractivity contribution in [1.29, 1.82) is 0 Å². The van der Waals surface area contributed by atoms with Gasteiger partial charge in [-0.15, -0.1) is 5.10 Å². The molecule has 3 aromatic rings. The molecule has 2 heterocycles. The fraction of sp³-hybridized carbons (Fsp3) is 0.370. The summed E-state index contributed by atoms with van der Waals surface area (Å²) in [6.07, 6.45) is 2.19. The predicted molar refractivity (Wildman–Crippen MR) is 144 cm³/mol. The van der Waals surface area contributed by atoms with Crippen LogP contribution in [-0.4, -0.2) is 39.6 Å². The van der Waals surface area contributed by atoms with E-state index in [-0.39, 0.29) is 5.91 Å². The van der Waals surface area contributed by atoms with Gasteiger partial charge < -0.3 is 20.1 Å². The van der Waals surface area contributed by atoms with Gasteiger partial charge in [-0.1, -0.05) is 55.4 Å². The number of nitrogens with one attached hydrogen (secondary N) is 2. The molecule has 36 heavy (non-hydrogen) atoms. The summed E-state index contributed by atoms with van der Waals surface area (Å²) >= 11 is 1.62. The van der Waals surface area contributed by atoms with Crippen LogP contribution in [-0.2, 0) is 4.79 Å². The van der Waals surface area contributed by atoms with Gasteiger partial charge in [0.05, 0.1) is 24.5 Å². The Morgan fingerprint density at radius 1 is 1.06 bits per heavy atom. The molecule has 1 unspecified atom stereocenters. The number of nitrogens with zero attached hydrogens (tertiary/aromatic N) is 3. The molecule has 4 rings (SSSR count). The van der Waals surface area contributed by atoms with Crippen molar-refractivity contribution >= 4 is 29.3 Å². The second-order valence-electron chi connectivity index (χ2n) is 8.28. The number of hydrogen-bond donors (Lipinski definition) is 2. The van der Waals surface area contributed by atoms with Crippen LogP contribution in [0.4, 0.5) is 11.6 Å². The number of rotatable bonds is 11. The third-order valence-corrected chi connectivity index (χ3v) is 6.68. The standard InChI is InChI=1S/C27H33N5O3S/c1-5-8-17-36-27-30-26-28-18(4)23(25(33)29-20-14-10-12-16-22(20)35-7-3)24(32(26)31-27)19-13-9-11-15-21(19)34-6-2/h9-16,24H,5-8,17H2,1-4H3,(H,29,33)(H,28,30,31). The maximum absolute atomic E-state index is 13.8. The van der Waals surface area contributed by atoms with Crippen molar-refractivity contribution in [1.82, 2.24) is 14.8 Å². The summed E-state index contributed by atoms with van der Waals surface area (Å²) in [7, 11) is 0. The SMILES string of the molecule is CCCCSc1nc2n(n1)C(c1ccccc1OCC)C(C(=O)Nc1ccccc1OCC)=C(C)N2. The van der Waals surface area contributed by atoms with E-state index in [2.05, 4.69) is 17.6 Å². The minimum Gasteiger partial charge on any atom is -0.494 e. The van der Waals surface area contributed by atoms with Crippen molar-refractivity contribution in [2.75, 3.05) is 29.6 Å². The molecule has 1 aromatic heterocycles. The van der Waals surface area contributed by atoms with Gasteiger partial charge in [-0.3, -0.25) is 4.79 Å². The Bertz CT molecular complexity index is 1240. The molecule has 0 radical (unpaired) electrons. The van der Waals surface area contributed by atoms with E-state index in [4.69, 9.17) is 19.6 Å². The summed E-state index contributed by atoms with van der Waals surface area (Å²) in [6.45, 7) is 8.93. The number of amides is 1. The molecule has 1 aliphatic rings. The van der Waals surface area contributed by atoms with Crippen LogP contribution >= 0.6 is 11.8 Å². The third-order valence-electron chi connectivity index (χ3n) is 5.76. The van der Waals surface area contributed by atoms with Crippen molar-refractivity contribution in [3.05, 3.63) is 65.4 Å². The molecule has 1 amide bonds. The zero-order valence-corrected chi connectivity index (χ0v) is 22.0. The van der Waals surface area contributed by atoms with Crippen LogP contribution < -0.4 is 20.1 Å². The number of allylic oxidation sites excluding steroid dienone is 1. The number of benzene rings is 2. The van der Waals surface area contributed by atoms with Gasteiger partial charge in [-0.05, 0) is 45.4 Å². The van der Waals surface area contributed by atoms with Crippen molar-refractivity contribution in [2.45, 2.75) is 51.7 Å². The average Bonchev–Trinajstić information content (AvgIpc) is 3.27. The fourth-order valence-corrected chi connectivity index (χ4v) is 5.03. The number of carbonyl (C=O) groups excluding carboxylic acids is 1. The largest absolute Gasteiger partial charge is 0.494 e. The quantitative estimate of drug-likeness (QED) is 0.247. The average molecular weight is 508 g/mol. The van der Waals surface area contributed by atoms with Crippen LogP contribution in [0.2, 0.25) is 0 Å². The van der Waals surface area contributed by atoms with E-state index >= 15 is 0 Å². The Labute approximate surface area is 216 Å². The lowest BCUT2D eigenvalue weighted by molar-refractivity contribution is -0.113. The highest BCUT2D eigenvalue weighted by molar-refractivity contribution is 7.99. The minimum absolute atomic E-state index is 0.246. The number of fused-ring (bicyclic) bond motifs is 1. The normalized spacial score (nSPS) is 14.7. The molecule has 9 heteroatoms. The molecule has 0 spiro atoms. The van der Waals surface area contributed by atoms with E-state index < -0.39 is 6.04 Å². The zero-order chi connectivity index (χ0) is 25.5. The van der Waals surface area contributed by atoms with Crippen LogP contribution in [0.5, 0.6) is 11.5 Å². The summed E-state index contributed by atoms with van der Waals surface area (Å²) in [6, 6.07) is 14.7. The van der Waals surface area contributed by atoms with E-state index in [1.165, 1.54) is 0 Å². The number of para-hydroxylation sites is 3. The topological polar surface area (TPSA) is 90.3 Å². The first kappa shape index (κ1) is 25.6. The van der Waals surface area contributed by atoms with E-state index in [0.29, 0.717) is 52.8 Å². The van der Waals surface area contributed by atoms with E-state index in [1.807, 2.05) is 69.3 Å². The fourth-order valence-electron chi connectivity index (χ4n) is 4.12. The number of aromatic nitrogens is 3. The number of carbonyl (C=O) groups is 1. The third kappa shape index (κ3) is 5.51. The van der Waals surface area contributed by atoms with Crippen LogP contribution in [0, 0.1) is 0 Å². The highest BCUT2D eigenvalue weighted by atomic mass is 32.2. The lowest BCUT2D eigenvalue weighted by atomic mass is 9.94. The molecular weight excluding hydrogens is 474 g/mol. The van der Waals surface area contributed by atoms with Gasteiger partial charge in [0.1, 0.15) is 17.5 Å². The first-order valence-electron chi connectivity index (χ1n) is 12.4. The molecule has 0 bridgehead atoms. The Kier molecular flexibility index (Phi) is 8.53. The van der Waals surface area contributed by atoms with Gasteiger partial charge in [-0.25, -0.2) is 4.68 Å². The highest BCUT2D eigenvalue weighted by Gasteiger charge is 2.36. The van der Waals surface area contributed by atoms with E-state index in [0.717, 1.165) is 24.2 Å². The van der Waals surface area contributed by atoms with Crippen LogP contribution in [0.3, 0.4) is 0 Å². The number of hydrogen-bond acceptors (Lipinski definition) is 7. The highest BCUT2D eigenvalue weighted by Crippen LogP contribution is 2.40. The summed E-state index contributed by atoms with van der Waals surface area (Å²) < 4.78 is 13.5. The Hall–Kier alpha value is -3.46.